The largest absolute Gasteiger partial charge is 0.383 e. The Bertz CT molecular complexity index is 229. The van der Waals surface area contributed by atoms with E-state index in [0.29, 0.717) is 19.4 Å². The van der Waals surface area contributed by atoms with Gasteiger partial charge < -0.3 is 10.1 Å². The summed E-state index contributed by atoms with van der Waals surface area (Å²) in [6.45, 7) is 0.586. The molecule has 1 aliphatic heterocycles. The summed E-state index contributed by atoms with van der Waals surface area (Å²) in [5, 5.41) is 1.85. The molecule has 1 atom stereocenters. The second-order valence-corrected chi connectivity index (χ2v) is 3.31. The minimum Gasteiger partial charge on any atom is -0.379 e. The van der Waals surface area contributed by atoms with Crippen LogP contribution in [0.4, 0.5) is 17.6 Å². The van der Waals surface area contributed by atoms with Crippen LogP contribution in [-0.2, 0) is 9.53 Å². The zero-order chi connectivity index (χ0) is 11.5. The van der Waals surface area contributed by atoms with E-state index in [4.69, 9.17) is 4.74 Å². The average Bonchev–Trinajstić information content (AvgIpc) is 2.18. The first-order chi connectivity index (χ1) is 6.94. The molecule has 0 spiro atoms. The van der Waals surface area contributed by atoms with Crippen LogP contribution in [0.2, 0.25) is 0 Å². The van der Waals surface area contributed by atoms with Gasteiger partial charge in [-0.3, -0.25) is 4.79 Å². The number of carbonyl (C=O) groups excluding carboxylic acids is 1. The number of amides is 1. The Hall–Kier alpha value is -0.850. The summed E-state index contributed by atoms with van der Waals surface area (Å²) < 4.78 is 53.4. The third-order valence-electron chi connectivity index (χ3n) is 2.07. The lowest BCUT2D eigenvalue weighted by Gasteiger charge is -2.25. The molecule has 0 saturated carbocycles. The van der Waals surface area contributed by atoms with E-state index in [1.165, 1.54) is 0 Å². The van der Waals surface area contributed by atoms with Gasteiger partial charge in [0.1, 0.15) is 0 Å². The second kappa shape index (κ2) is 4.78. The molecule has 3 nitrogen and oxygen atoms in total. The van der Waals surface area contributed by atoms with Crippen LogP contribution < -0.4 is 5.32 Å². The van der Waals surface area contributed by atoms with Gasteiger partial charge in [0.15, 0.2) is 0 Å². The molecule has 1 amide bonds. The van der Waals surface area contributed by atoms with E-state index >= 15 is 0 Å². The lowest BCUT2D eigenvalue weighted by atomic mass is 10.1. The van der Waals surface area contributed by atoms with Crippen LogP contribution in [0, 0.1) is 0 Å². The van der Waals surface area contributed by atoms with Crippen molar-refractivity contribution in [2.75, 3.05) is 13.2 Å². The Morgan fingerprint density at radius 2 is 2.13 bits per heavy atom. The van der Waals surface area contributed by atoms with Crippen LogP contribution in [0.3, 0.4) is 0 Å². The van der Waals surface area contributed by atoms with Gasteiger partial charge in [-0.15, -0.1) is 0 Å². The summed E-state index contributed by atoms with van der Waals surface area (Å²) >= 11 is 0. The van der Waals surface area contributed by atoms with Gasteiger partial charge in [0.05, 0.1) is 12.6 Å². The highest BCUT2D eigenvalue weighted by molar-refractivity contribution is 5.84. The number of hydrogen-bond donors (Lipinski definition) is 1. The molecule has 88 valence electrons. The van der Waals surface area contributed by atoms with Crippen molar-refractivity contribution in [1.82, 2.24) is 5.32 Å². The summed E-state index contributed by atoms with van der Waals surface area (Å²) in [6.07, 6.45) is -2.90. The molecule has 1 aliphatic rings. The fourth-order valence-corrected chi connectivity index (χ4v) is 1.24. The first kappa shape index (κ1) is 12.2. The number of rotatable bonds is 3. The van der Waals surface area contributed by atoms with E-state index in [1.807, 2.05) is 5.32 Å². The molecular formula is C8H11F4NO2. The second-order valence-electron chi connectivity index (χ2n) is 3.31. The van der Waals surface area contributed by atoms with Crippen molar-refractivity contribution in [2.24, 2.45) is 0 Å². The first-order valence-electron chi connectivity index (χ1n) is 4.49. The van der Waals surface area contributed by atoms with E-state index in [1.54, 1.807) is 0 Å². The Morgan fingerprint density at radius 3 is 2.60 bits per heavy atom. The molecule has 1 fully saturated rings. The van der Waals surface area contributed by atoms with Crippen LogP contribution in [0.25, 0.3) is 0 Å². The molecule has 0 aromatic carbocycles. The minimum atomic E-state index is -4.63. The molecule has 0 bridgehead atoms. The predicted molar refractivity (Wildman–Crippen MR) is 42.9 cm³/mol. The maximum absolute atomic E-state index is 12.5. The molecule has 15 heavy (non-hydrogen) atoms. The topological polar surface area (TPSA) is 38.3 Å². The monoisotopic (exact) mass is 229 g/mol. The summed E-state index contributed by atoms with van der Waals surface area (Å²) in [7, 11) is 0. The third kappa shape index (κ3) is 3.05. The van der Waals surface area contributed by atoms with E-state index < -0.39 is 24.3 Å². The van der Waals surface area contributed by atoms with Crippen LogP contribution in [0.1, 0.15) is 12.8 Å². The van der Waals surface area contributed by atoms with E-state index in [-0.39, 0.29) is 6.61 Å². The number of carbonyl (C=O) groups is 1. The quantitative estimate of drug-likeness (QED) is 0.738. The summed E-state index contributed by atoms with van der Waals surface area (Å²) in [6, 6.07) is -0.601. The van der Waals surface area contributed by atoms with Gasteiger partial charge in [-0.25, -0.2) is 8.78 Å². The fraction of sp³-hybridized carbons (Fsp3) is 0.875. The average molecular weight is 229 g/mol. The fourth-order valence-electron chi connectivity index (χ4n) is 1.24. The first-order valence-corrected chi connectivity index (χ1v) is 4.49. The minimum absolute atomic E-state index is 0.0884. The van der Waals surface area contributed by atoms with Gasteiger partial charge in [0, 0.05) is 6.61 Å². The van der Waals surface area contributed by atoms with Gasteiger partial charge in [0.2, 0.25) is 0 Å². The standard InChI is InChI=1S/C8H11F4NO2/c9-6(10)8(11,12)7(14)13-5-2-1-3-15-4-5/h5-6H,1-4H2,(H,13,14). The van der Waals surface area contributed by atoms with Crippen LogP contribution in [0.15, 0.2) is 0 Å². The molecule has 0 aromatic heterocycles. The van der Waals surface area contributed by atoms with E-state index in [2.05, 4.69) is 0 Å². The van der Waals surface area contributed by atoms with Crippen molar-refractivity contribution in [3.63, 3.8) is 0 Å². The van der Waals surface area contributed by atoms with E-state index in [0.717, 1.165) is 0 Å². The maximum Gasteiger partial charge on any atom is 0.383 e. The Kier molecular flexibility index (Phi) is 3.90. The highest BCUT2D eigenvalue weighted by Gasteiger charge is 2.49. The van der Waals surface area contributed by atoms with Crippen molar-refractivity contribution < 1.29 is 27.1 Å². The number of ether oxygens (including phenoxy) is 1. The molecule has 1 saturated heterocycles. The Morgan fingerprint density at radius 1 is 1.47 bits per heavy atom. The number of hydrogen-bond acceptors (Lipinski definition) is 2. The molecule has 1 heterocycles. The smallest absolute Gasteiger partial charge is 0.379 e. The van der Waals surface area contributed by atoms with Crippen LogP contribution in [-0.4, -0.2) is 37.5 Å². The van der Waals surface area contributed by atoms with Gasteiger partial charge >= 0.3 is 12.3 Å². The van der Waals surface area contributed by atoms with Crippen molar-refractivity contribution in [3.05, 3.63) is 0 Å². The molecular weight excluding hydrogens is 218 g/mol. The van der Waals surface area contributed by atoms with Gasteiger partial charge in [-0.05, 0) is 12.8 Å². The van der Waals surface area contributed by atoms with Crippen LogP contribution in [0.5, 0.6) is 0 Å². The predicted octanol–water partition coefficient (Wildman–Crippen LogP) is 1.18. The van der Waals surface area contributed by atoms with Gasteiger partial charge in [0.25, 0.3) is 5.91 Å². The highest BCUT2D eigenvalue weighted by atomic mass is 19.3. The third-order valence-corrected chi connectivity index (χ3v) is 2.07. The Balaban J connectivity index is 2.46. The molecule has 0 radical (unpaired) electrons. The molecule has 7 heteroatoms. The lowest BCUT2D eigenvalue weighted by molar-refractivity contribution is -0.170. The number of halogens is 4. The van der Waals surface area contributed by atoms with Gasteiger partial charge in [-0.1, -0.05) is 0 Å². The van der Waals surface area contributed by atoms with Gasteiger partial charge in [-0.2, -0.15) is 8.78 Å². The number of alkyl halides is 4. The van der Waals surface area contributed by atoms with Crippen molar-refractivity contribution in [3.8, 4) is 0 Å². The van der Waals surface area contributed by atoms with Crippen molar-refractivity contribution in [1.29, 1.82) is 0 Å². The lowest BCUT2D eigenvalue weighted by Crippen LogP contribution is -2.51. The SMILES string of the molecule is O=C(NC1CCCOC1)C(F)(F)C(F)F. The molecule has 1 unspecified atom stereocenters. The molecule has 0 aliphatic carbocycles. The van der Waals surface area contributed by atoms with E-state index in [9.17, 15) is 22.4 Å². The number of nitrogens with one attached hydrogen (secondary N) is 1. The van der Waals surface area contributed by atoms with Crippen LogP contribution >= 0.6 is 0 Å². The molecule has 1 rings (SSSR count). The maximum atomic E-state index is 12.5. The summed E-state index contributed by atoms with van der Waals surface area (Å²) in [4.78, 5) is 10.8. The molecule has 0 aromatic rings. The zero-order valence-corrected chi connectivity index (χ0v) is 7.81. The van der Waals surface area contributed by atoms with Crippen molar-refractivity contribution in [2.45, 2.75) is 31.2 Å². The highest BCUT2D eigenvalue weighted by Crippen LogP contribution is 2.23. The molecule has 1 N–H and O–H groups in total. The normalized spacial score (nSPS) is 22.9. The summed E-state index contributed by atoms with van der Waals surface area (Å²) in [5.74, 6) is -6.56. The van der Waals surface area contributed by atoms with Crippen molar-refractivity contribution >= 4 is 5.91 Å². The zero-order valence-electron chi connectivity index (χ0n) is 7.81. The summed E-state index contributed by atoms with van der Waals surface area (Å²) in [5.41, 5.74) is 0. The Labute approximate surface area is 83.8 Å².